The van der Waals surface area contributed by atoms with Crippen LogP contribution in [0, 0.1) is 17.8 Å². The number of rotatable bonds is 77. The number of aliphatic hydroxyl groups is 6. The van der Waals surface area contributed by atoms with Gasteiger partial charge in [0.2, 0.25) is 11.8 Å². The molecule has 5 rings (SSSR count). The number of amides is 2. The molecule has 2 amide bonds. The maximum atomic E-state index is 14.2. The maximum Gasteiger partial charge on any atom is 0.220 e. The molecule has 0 saturated carbocycles. The van der Waals surface area contributed by atoms with Crippen LogP contribution in [0.3, 0.4) is 0 Å². The van der Waals surface area contributed by atoms with Crippen LogP contribution in [-0.4, -0.2) is 160 Å². The lowest BCUT2D eigenvalue weighted by Gasteiger charge is -2.44. The van der Waals surface area contributed by atoms with E-state index in [1.54, 1.807) is 0 Å². The molecular weight excluding hydrogens is 1550 g/mol. The number of unbranched alkanes of at least 4 members (excludes halogenated alkanes) is 40. The van der Waals surface area contributed by atoms with Gasteiger partial charge in [0.25, 0.3) is 0 Å². The van der Waals surface area contributed by atoms with E-state index in [1.807, 2.05) is 54.6 Å². The Morgan fingerprint density at radius 2 is 0.715 bits per heavy atom. The summed E-state index contributed by atoms with van der Waals surface area (Å²) in [5.41, 5.74) is 3.26. The molecule has 0 radical (unpaired) electrons. The molecule has 2 heterocycles. The van der Waals surface area contributed by atoms with Gasteiger partial charge in [0.15, 0.2) is 12.6 Å². The number of nitrogens with one attached hydrogen (secondary N) is 2. The van der Waals surface area contributed by atoms with Crippen molar-refractivity contribution < 1.29 is 83.0 Å². The van der Waals surface area contributed by atoms with Crippen molar-refractivity contribution in [2.24, 2.45) is 17.8 Å². The largest absolute Gasteiger partial charge is 0.394 e. The van der Waals surface area contributed by atoms with Crippen LogP contribution in [0.5, 0.6) is 0 Å². The van der Waals surface area contributed by atoms with E-state index < -0.39 is 86.5 Å². The van der Waals surface area contributed by atoms with E-state index in [9.17, 15) is 49.8 Å². The molecule has 3 aromatic rings. The first-order valence-corrected chi connectivity index (χ1v) is 50.0. The van der Waals surface area contributed by atoms with Gasteiger partial charge < -0.3 is 74.4 Å². The third-order valence-corrected chi connectivity index (χ3v) is 25.5. The highest BCUT2D eigenvalue weighted by Crippen LogP contribution is 2.37. The molecule has 0 bridgehead atoms. The summed E-state index contributed by atoms with van der Waals surface area (Å²) in [7, 11) is 0. The molecule has 0 aliphatic carbocycles. The van der Waals surface area contributed by atoms with Gasteiger partial charge in [0.05, 0.1) is 76.6 Å². The Morgan fingerprint density at radius 1 is 0.366 bits per heavy atom. The second-order valence-corrected chi connectivity index (χ2v) is 36.3. The smallest absolute Gasteiger partial charge is 0.220 e. The summed E-state index contributed by atoms with van der Waals surface area (Å²) in [5, 5.41) is 68.1. The van der Waals surface area contributed by atoms with Gasteiger partial charge in [-0.3, -0.25) is 19.2 Å². The quantitative estimate of drug-likeness (QED) is 0.0244. The first kappa shape index (κ1) is 111. The number of ether oxygens (including phenoxy) is 7. The highest BCUT2D eigenvalue weighted by molar-refractivity contribution is 5.85. The van der Waals surface area contributed by atoms with Crippen molar-refractivity contribution in [3.05, 3.63) is 108 Å². The van der Waals surface area contributed by atoms with Crippen molar-refractivity contribution in [1.82, 2.24) is 10.6 Å². The average Bonchev–Trinajstić information content (AvgIpc) is 0.835. The third kappa shape index (κ3) is 52.0. The number of carbonyl (C=O) groups is 4. The highest BCUT2D eigenvalue weighted by atomic mass is 16.7. The summed E-state index contributed by atoms with van der Waals surface area (Å²) in [6, 6.07) is 29.1. The Labute approximate surface area is 746 Å². The number of aliphatic hydroxyl groups excluding tert-OH is 6. The van der Waals surface area contributed by atoms with Gasteiger partial charge in [-0.1, -0.05) is 409 Å². The van der Waals surface area contributed by atoms with Crippen LogP contribution in [0.2, 0.25) is 0 Å². The number of hydrogen-bond donors (Lipinski definition) is 8. The van der Waals surface area contributed by atoms with Gasteiger partial charge in [-0.2, -0.15) is 0 Å². The van der Waals surface area contributed by atoms with Crippen LogP contribution in [-0.2, 0) is 72.2 Å². The van der Waals surface area contributed by atoms with E-state index in [0.29, 0.717) is 58.0 Å². The van der Waals surface area contributed by atoms with Crippen LogP contribution >= 0.6 is 0 Å². The van der Waals surface area contributed by atoms with E-state index in [4.69, 9.17) is 33.2 Å². The molecule has 19 heteroatoms. The molecule has 123 heavy (non-hydrogen) atoms. The first-order valence-electron chi connectivity index (χ1n) is 50.0. The molecule has 16 atom stereocenters. The average molecular weight is 1730 g/mol. The van der Waals surface area contributed by atoms with Gasteiger partial charge in [0, 0.05) is 44.4 Å². The van der Waals surface area contributed by atoms with Crippen LogP contribution in [0.1, 0.15) is 399 Å². The van der Waals surface area contributed by atoms with Gasteiger partial charge in [-0.05, 0) is 54.2 Å². The van der Waals surface area contributed by atoms with Crippen molar-refractivity contribution in [2.75, 3.05) is 26.4 Å². The summed E-state index contributed by atoms with van der Waals surface area (Å²) < 4.78 is 44.9. The summed E-state index contributed by atoms with van der Waals surface area (Å²) >= 11 is 0. The van der Waals surface area contributed by atoms with Gasteiger partial charge >= 0.3 is 0 Å². The Bertz CT molecular complexity index is 2970. The molecule has 3 aromatic carbocycles. The molecule has 0 spiro atoms. The highest BCUT2D eigenvalue weighted by Gasteiger charge is 2.45. The first-order chi connectivity index (χ1) is 59.9. The molecule has 4 unspecified atom stereocenters. The standard InChI is InChI=1S/C64H101NO7.C40H77NO10/c1-6-8-10-12-14-16-18-19-21-23-25-36-44-60(69-48-56-39-31-27-32-40-56)63(70-49-57-41-33-28-34-42-57)59(65-62(67)46-45-58(66)43-35-24-22-20-17-15-13-11-9-7-2)50-71-64-54(5)52(3)53(4)61(72-64)51-68-47-55-37-29-26-30-38-55;1-3-5-7-9-11-13-15-16-18-20-22-24-26-33(44)36(46)32(30-50-40-39(49)38(48)37(47)34(29-42)51-40)41-35(45)28-27-31(43)25-23-21-19-17-14-12-10-8-6-4-2/h26-34,37-42,52-54,59-61,63-64H,6-25,35-36,43-51H2,1-5H3,(H,65,67);32-34,36-40,42,44,46-49H,3-30H2,1-2H3,(H,41,45)/t52-,53+,54?,59-,60+,61?,63-,64-;32-,33+,34?,36-,37-,38-,39?,40-/m00/s1. The summed E-state index contributed by atoms with van der Waals surface area (Å²) in [6.07, 6.45) is 44.1. The molecule has 2 aliphatic heterocycles. The number of benzene rings is 3. The number of hydrogen-bond acceptors (Lipinski definition) is 17. The van der Waals surface area contributed by atoms with Crippen molar-refractivity contribution in [3.63, 3.8) is 0 Å². The maximum absolute atomic E-state index is 14.2. The minimum Gasteiger partial charge on any atom is -0.394 e. The summed E-state index contributed by atoms with van der Waals surface area (Å²) in [4.78, 5) is 52.8. The minimum absolute atomic E-state index is 0.00592. The zero-order valence-corrected chi connectivity index (χ0v) is 78.3. The lowest BCUT2D eigenvalue weighted by Crippen LogP contribution is -2.60. The predicted octanol–water partition coefficient (Wildman–Crippen LogP) is 22.0. The Balaban J connectivity index is 0.000000549. The lowest BCUT2D eigenvalue weighted by molar-refractivity contribution is -0.303. The Kier molecular flexibility index (Phi) is 65.9. The van der Waals surface area contributed by atoms with E-state index in [0.717, 1.165) is 87.3 Å². The topological polar surface area (TPSA) is 278 Å². The fraction of sp³-hybridized carbons (Fsp3) is 0.788. The number of Topliss-reactive ketones (excluding diaryl/α,β-unsaturated/α-hetero) is 2. The molecule has 706 valence electrons. The molecule has 0 aromatic heterocycles. The van der Waals surface area contributed by atoms with Gasteiger partial charge in [-0.25, -0.2) is 0 Å². The fourth-order valence-electron chi connectivity index (χ4n) is 16.9. The molecule has 2 fully saturated rings. The third-order valence-electron chi connectivity index (χ3n) is 25.5. The lowest BCUT2D eigenvalue weighted by atomic mass is 9.79. The van der Waals surface area contributed by atoms with Crippen LogP contribution < -0.4 is 10.6 Å². The number of carbonyl (C=O) groups excluding carboxylic acids is 4. The van der Waals surface area contributed by atoms with Gasteiger partial charge in [0.1, 0.15) is 48.2 Å². The SMILES string of the molecule is CCCCCCCCCCCCCC[C@@H](O)[C@@H](O)[C@H](CO[C@H]1OC(CO)[C@H](O)[C@H](O)C1O)NC(=O)CCC(=O)CCCCCCCCCCCC.CCCCCCCCCCCCCC[C@@H](OCc1ccccc1)[C@@H](OCc1ccccc1)[C@H](CO[C@H]1OC(COCc2ccccc2)[C@H](C)[C@H](C)C1C)NC(=O)CCC(=O)CCCCCCCCCCCC. The monoisotopic (exact) mass is 1730 g/mol. The van der Waals surface area contributed by atoms with E-state index >= 15 is 0 Å². The van der Waals surface area contributed by atoms with E-state index in [2.05, 4.69) is 95.5 Å². The molecule has 19 nitrogen and oxygen atoms in total. The fourth-order valence-corrected chi connectivity index (χ4v) is 16.9. The normalized spacial score (nSPS) is 20.6. The predicted molar refractivity (Wildman–Crippen MR) is 497 cm³/mol. The zero-order chi connectivity index (χ0) is 89.0. The van der Waals surface area contributed by atoms with Crippen molar-refractivity contribution in [2.45, 2.75) is 482 Å². The van der Waals surface area contributed by atoms with E-state index in [1.165, 1.54) is 212 Å². The van der Waals surface area contributed by atoms with Crippen LogP contribution in [0.4, 0.5) is 0 Å². The van der Waals surface area contributed by atoms with Crippen LogP contribution in [0.15, 0.2) is 91.0 Å². The molecule has 2 saturated heterocycles. The minimum atomic E-state index is -1.65. The second-order valence-electron chi connectivity index (χ2n) is 36.3. The molecular formula is C104H178N2O17. The molecule has 8 N–H and O–H groups in total. The second kappa shape index (κ2) is 73.2. The van der Waals surface area contributed by atoms with Crippen LogP contribution in [0.25, 0.3) is 0 Å². The zero-order valence-electron chi connectivity index (χ0n) is 78.3. The van der Waals surface area contributed by atoms with Gasteiger partial charge in [-0.15, -0.1) is 0 Å². The van der Waals surface area contributed by atoms with Crippen molar-refractivity contribution >= 4 is 23.4 Å². The summed E-state index contributed by atoms with van der Waals surface area (Å²) in [5.74, 6) is 0.168. The Hall–Kier alpha value is -4.58. The summed E-state index contributed by atoms with van der Waals surface area (Å²) in [6.45, 7) is 16.6. The van der Waals surface area contributed by atoms with Crippen molar-refractivity contribution in [3.8, 4) is 0 Å². The molecule has 2 aliphatic rings. The van der Waals surface area contributed by atoms with E-state index in [-0.39, 0.29) is 73.8 Å². The van der Waals surface area contributed by atoms with Crippen molar-refractivity contribution in [1.29, 1.82) is 0 Å². The number of ketones is 2. The Morgan fingerprint density at radius 3 is 1.13 bits per heavy atom.